The Morgan fingerprint density at radius 1 is 1.37 bits per heavy atom. The lowest BCUT2D eigenvalue weighted by molar-refractivity contribution is 0.0729. The standard InChI is InChI=1S/C12H17FN2O3S/c1-14-9-10-2-3-11(13)12(8-10)19(16,17)15-4-6-18-7-5-15/h2-3,8,14H,4-7,9H2,1H3. The van der Waals surface area contributed by atoms with Gasteiger partial charge in [0.15, 0.2) is 0 Å². The first kappa shape index (κ1) is 14.4. The highest BCUT2D eigenvalue weighted by Gasteiger charge is 2.29. The Bertz CT molecular complexity index is 542. The van der Waals surface area contributed by atoms with Crippen LogP contribution in [-0.4, -0.2) is 46.1 Å². The molecule has 0 unspecified atom stereocenters. The molecule has 1 N–H and O–H groups in total. The van der Waals surface area contributed by atoms with Gasteiger partial charge in [0.2, 0.25) is 10.0 Å². The Morgan fingerprint density at radius 3 is 2.68 bits per heavy atom. The summed E-state index contributed by atoms with van der Waals surface area (Å²) in [7, 11) is -2.03. The molecule has 1 heterocycles. The number of hydrogen-bond acceptors (Lipinski definition) is 4. The van der Waals surface area contributed by atoms with Crippen molar-refractivity contribution in [3.63, 3.8) is 0 Å². The lowest BCUT2D eigenvalue weighted by Crippen LogP contribution is -2.41. The lowest BCUT2D eigenvalue weighted by Gasteiger charge is -2.26. The second kappa shape index (κ2) is 5.96. The fourth-order valence-corrected chi connectivity index (χ4v) is 3.51. The molecule has 0 radical (unpaired) electrons. The van der Waals surface area contributed by atoms with Gasteiger partial charge in [-0.15, -0.1) is 0 Å². The van der Waals surface area contributed by atoms with E-state index in [0.717, 1.165) is 5.56 Å². The van der Waals surface area contributed by atoms with Gasteiger partial charge < -0.3 is 10.1 Å². The minimum atomic E-state index is -3.78. The van der Waals surface area contributed by atoms with Crippen molar-refractivity contribution in [2.24, 2.45) is 0 Å². The van der Waals surface area contributed by atoms with Crippen molar-refractivity contribution < 1.29 is 17.5 Å². The molecule has 1 aliphatic rings. The number of benzene rings is 1. The molecule has 19 heavy (non-hydrogen) atoms. The first-order valence-corrected chi connectivity index (χ1v) is 7.50. The van der Waals surface area contributed by atoms with Crippen molar-refractivity contribution in [3.05, 3.63) is 29.6 Å². The number of ether oxygens (including phenoxy) is 1. The van der Waals surface area contributed by atoms with Crippen molar-refractivity contribution >= 4 is 10.0 Å². The predicted octanol–water partition coefficient (Wildman–Crippen LogP) is 0.566. The van der Waals surface area contributed by atoms with Crippen molar-refractivity contribution in [2.75, 3.05) is 33.4 Å². The van der Waals surface area contributed by atoms with E-state index in [2.05, 4.69) is 5.32 Å². The molecule has 1 saturated heterocycles. The van der Waals surface area contributed by atoms with Crippen LogP contribution in [0.5, 0.6) is 0 Å². The summed E-state index contributed by atoms with van der Waals surface area (Å²) in [6.07, 6.45) is 0. The van der Waals surface area contributed by atoms with Gasteiger partial charge in [0.1, 0.15) is 10.7 Å². The third-order valence-electron chi connectivity index (χ3n) is 2.96. The minimum absolute atomic E-state index is 0.262. The van der Waals surface area contributed by atoms with Gasteiger partial charge in [-0.05, 0) is 24.7 Å². The quantitative estimate of drug-likeness (QED) is 0.880. The zero-order valence-electron chi connectivity index (χ0n) is 10.7. The van der Waals surface area contributed by atoms with E-state index in [1.165, 1.54) is 16.4 Å². The summed E-state index contributed by atoms with van der Waals surface area (Å²) in [5.41, 5.74) is 0.732. The molecule has 2 rings (SSSR count). The van der Waals surface area contributed by atoms with Crippen molar-refractivity contribution in [1.29, 1.82) is 0 Å². The average molecular weight is 288 g/mol. The van der Waals surface area contributed by atoms with E-state index in [0.29, 0.717) is 19.8 Å². The lowest BCUT2D eigenvalue weighted by atomic mass is 10.2. The summed E-state index contributed by atoms with van der Waals surface area (Å²) in [6, 6.07) is 4.15. The Labute approximate surface area is 112 Å². The highest BCUT2D eigenvalue weighted by molar-refractivity contribution is 7.89. The summed E-state index contributed by atoms with van der Waals surface area (Å²) in [5.74, 6) is -0.716. The van der Waals surface area contributed by atoms with Gasteiger partial charge in [-0.1, -0.05) is 6.07 Å². The van der Waals surface area contributed by atoms with E-state index >= 15 is 0 Å². The van der Waals surface area contributed by atoms with Gasteiger partial charge in [0.05, 0.1) is 13.2 Å². The molecule has 106 valence electrons. The Kier molecular flexibility index (Phi) is 4.51. The van der Waals surface area contributed by atoms with E-state index in [4.69, 9.17) is 4.74 Å². The molecule has 0 saturated carbocycles. The molecule has 0 aliphatic carbocycles. The normalized spacial score (nSPS) is 17.6. The highest BCUT2D eigenvalue weighted by atomic mass is 32.2. The van der Waals surface area contributed by atoms with Gasteiger partial charge in [-0.25, -0.2) is 12.8 Å². The van der Waals surface area contributed by atoms with E-state index in [1.807, 2.05) is 0 Å². The molecule has 1 aromatic rings. The predicted molar refractivity (Wildman–Crippen MR) is 68.7 cm³/mol. The Morgan fingerprint density at radius 2 is 2.05 bits per heavy atom. The molecule has 5 nitrogen and oxygen atoms in total. The van der Waals surface area contributed by atoms with Crippen molar-refractivity contribution in [3.8, 4) is 0 Å². The van der Waals surface area contributed by atoms with Crippen molar-refractivity contribution in [2.45, 2.75) is 11.4 Å². The van der Waals surface area contributed by atoms with E-state index in [-0.39, 0.29) is 18.0 Å². The third kappa shape index (κ3) is 3.11. The van der Waals surface area contributed by atoms with Gasteiger partial charge >= 0.3 is 0 Å². The molecule has 1 aliphatic heterocycles. The Hall–Kier alpha value is -1.02. The van der Waals surface area contributed by atoms with Crippen LogP contribution < -0.4 is 5.32 Å². The summed E-state index contributed by atoms with van der Waals surface area (Å²) in [5, 5.41) is 2.91. The molecular weight excluding hydrogens is 271 g/mol. The fraction of sp³-hybridized carbons (Fsp3) is 0.500. The summed E-state index contributed by atoms with van der Waals surface area (Å²) in [6.45, 7) is 1.70. The number of nitrogens with zero attached hydrogens (tertiary/aromatic N) is 1. The molecule has 0 aromatic heterocycles. The van der Waals surface area contributed by atoms with Crippen LogP contribution in [0.15, 0.2) is 23.1 Å². The van der Waals surface area contributed by atoms with Gasteiger partial charge in [0, 0.05) is 19.6 Å². The summed E-state index contributed by atoms with van der Waals surface area (Å²) < 4.78 is 44.9. The van der Waals surface area contributed by atoms with Crippen LogP contribution in [0.1, 0.15) is 5.56 Å². The highest BCUT2D eigenvalue weighted by Crippen LogP contribution is 2.21. The second-order valence-corrected chi connectivity index (χ2v) is 6.22. The fourth-order valence-electron chi connectivity index (χ4n) is 1.99. The largest absolute Gasteiger partial charge is 0.379 e. The van der Waals surface area contributed by atoms with Crippen LogP contribution in [0.25, 0.3) is 0 Å². The maximum atomic E-state index is 13.8. The molecule has 0 amide bonds. The first-order valence-electron chi connectivity index (χ1n) is 6.06. The molecule has 0 spiro atoms. The van der Waals surface area contributed by atoms with Crippen LogP contribution in [0.3, 0.4) is 0 Å². The summed E-state index contributed by atoms with van der Waals surface area (Å²) >= 11 is 0. The SMILES string of the molecule is CNCc1ccc(F)c(S(=O)(=O)N2CCOCC2)c1. The van der Waals surface area contributed by atoms with E-state index in [1.54, 1.807) is 13.1 Å². The number of hydrogen-bond donors (Lipinski definition) is 1. The molecule has 0 bridgehead atoms. The molecular formula is C12H17FN2O3S. The van der Waals surface area contributed by atoms with Crippen LogP contribution >= 0.6 is 0 Å². The smallest absolute Gasteiger partial charge is 0.246 e. The average Bonchev–Trinajstić information content (AvgIpc) is 2.42. The zero-order chi connectivity index (χ0) is 13.9. The maximum Gasteiger partial charge on any atom is 0.246 e. The van der Waals surface area contributed by atoms with Gasteiger partial charge in [-0.3, -0.25) is 0 Å². The van der Waals surface area contributed by atoms with Crippen molar-refractivity contribution in [1.82, 2.24) is 9.62 Å². The van der Waals surface area contributed by atoms with Crippen LogP contribution in [-0.2, 0) is 21.3 Å². The third-order valence-corrected chi connectivity index (χ3v) is 4.88. The maximum absolute atomic E-state index is 13.8. The van der Waals surface area contributed by atoms with E-state index in [9.17, 15) is 12.8 Å². The number of morpholine rings is 1. The minimum Gasteiger partial charge on any atom is -0.379 e. The number of sulfonamides is 1. The first-order chi connectivity index (χ1) is 9.05. The van der Waals surface area contributed by atoms with E-state index < -0.39 is 15.8 Å². The molecule has 0 atom stereocenters. The second-order valence-electron chi connectivity index (χ2n) is 4.31. The van der Waals surface area contributed by atoms with Crippen LogP contribution in [0.4, 0.5) is 4.39 Å². The van der Waals surface area contributed by atoms with Crippen LogP contribution in [0, 0.1) is 5.82 Å². The molecule has 1 fully saturated rings. The monoisotopic (exact) mass is 288 g/mol. The number of nitrogens with one attached hydrogen (secondary N) is 1. The summed E-state index contributed by atoms with van der Waals surface area (Å²) in [4.78, 5) is -0.262. The van der Waals surface area contributed by atoms with Crippen LogP contribution in [0.2, 0.25) is 0 Å². The zero-order valence-corrected chi connectivity index (χ0v) is 11.5. The van der Waals surface area contributed by atoms with Gasteiger partial charge in [-0.2, -0.15) is 4.31 Å². The Balaban J connectivity index is 2.35. The topological polar surface area (TPSA) is 58.6 Å². The number of rotatable bonds is 4. The molecule has 7 heteroatoms. The number of halogens is 1. The molecule has 1 aromatic carbocycles. The van der Waals surface area contributed by atoms with Gasteiger partial charge in [0.25, 0.3) is 0 Å².